The van der Waals surface area contributed by atoms with Crippen LogP contribution in [0.15, 0.2) is 53.9 Å². The first-order valence-electron chi connectivity index (χ1n) is 6.90. The van der Waals surface area contributed by atoms with Gasteiger partial charge in [-0.25, -0.2) is 4.98 Å². The molecule has 1 atom stereocenters. The first-order valence-corrected chi connectivity index (χ1v) is 6.90. The van der Waals surface area contributed by atoms with Gasteiger partial charge < -0.3 is 14.4 Å². The largest absolute Gasteiger partial charge is 0.343 e. The molecule has 6 heteroatoms. The van der Waals surface area contributed by atoms with Gasteiger partial charge in [0.2, 0.25) is 6.39 Å². The average molecular weight is 283 g/mol. The van der Waals surface area contributed by atoms with Crippen molar-refractivity contribution in [1.82, 2.24) is 25.0 Å². The van der Waals surface area contributed by atoms with Crippen molar-refractivity contribution in [2.75, 3.05) is 6.54 Å². The Morgan fingerprint density at radius 3 is 2.81 bits per heavy atom. The van der Waals surface area contributed by atoms with Gasteiger partial charge in [0.15, 0.2) is 5.82 Å². The molecule has 3 rings (SSSR count). The number of hydrogen-bond acceptors (Lipinski definition) is 5. The van der Waals surface area contributed by atoms with E-state index in [0.717, 1.165) is 24.5 Å². The maximum absolute atomic E-state index is 4.71. The standard InChI is InChI=1S/C15H17N5O/c1-12(17-7-6-15-18-11-21-19-15)13-2-4-14(5-3-13)20-9-8-16-10-20/h2-5,8-12,17H,6-7H2,1H3. The molecule has 21 heavy (non-hydrogen) atoms. The monoisotopic (exact) mass is 283 g/mol. The van der Waals surface area contributed by atoms with Crippen molar-refractivity contribution in [2.45, 2.75) is 19.4 Å². The van der Waals surface area contributed by atoms with Gasteiger partial charge in [-0.2, -0.15) is 4.98 Å². The second kappa shape index (κ2) is 6.32. The van der Waals surface area contributed by atoms with E-state index < -0.39 is 0 Å². The Labute approximate surface area is 122 Å². The lowest BCUT2D eigenvalue weighted by atomic mass is 10.1. The molecule has 1 unspecified atom stereocenters. The minimum atomic E-state index is 0.272. The molecule has 1 N–H and O–H groups in total. The summed E-state index contributed by atoms with van der Waals surface area (Å²) < 4.78 is 6.69. The van der Waals surface area contributed by atoms with Crippen LogP contribution < -0.4 is 5.32 Å². The first-order chi connectivity index (χ1) is 10.3. The molecule has 0 bridgehead atoms. The van der Waals surface area contributed by atoms with E-state index >= 15 is 0 Å². The normalized spacial score (nSPS) is 12.4. The molecule has 0 saturated carbocycles. The summed E-state index contributed by atoms with van der Waals surface area (Å²) in [5.41, 5.74) is 2.35. The molecule has 2 aromatic heterocycles. The second-order valence-electron chi connectivity index (χ2n) is 4.83. The minimum Gasteiger partial charge on any atom is -0.343 e. The molecule has 0 fully saturated rings. The third kappa shape index (κ3) is 3.35. The van der Waals surface area contributed by atoms with Crippen molar-refractivity contribution >= 4 is 0 Å². The Bertz CT molecular complexity index is 646. The number of nitrogens with one attached hydrogen (secondary N) is 1. The zero-order valence-electron chi connectivity index (χ0n) is 11.8. The Morgan fingerprint density at radius 1 is 1.29 bits per heavy atom. The minimum absolute atomic E-state index is 0.272. The van der Waals surface area contributed by atoms with E-state index in [1.807, 2.05) is 10.8 Å². The number of benzene rings is 1. The fourth-order valence-electron chi connectivity index (χ4n) is 2.17. The highest BCUT2D eigenvalue weighted by Gasteiger charge is 2.06. The Kier molecular flexibility index (Phi) is 4.07. The molecule has 0 spiro atoms. The van der Waals surface area contributed by atoms with Crippen LogP contribution in [0.25, 0.3) is 5.69 Å². The summed E-state index contributed by atoms with van der Waals surface area (Å²) in [6.07, 6.45) is 7.61. The predicted molar refractivity (Wildman–Crippen MR) is 78.0 cm³/mol. The third-order valence-electron chi connectivity index (χ3n) is 3.40. The Hall–Kier alpha value is -2.47. The molecule has 1 aromatic carbocycles. The van der Waals surface area contributed by atoms with E-state index in [0.29, 0.717) is 0 Å². The van der Waals surface area contributed by atoms with Gasteiger partial charge in [0.25, 0.3) is 0 Å². The summed E-state index contributed by atoms with van der Waals surface area (Å²) in [6, 6.07) is 8.71. The van der Waals surface area contributed by atoms with Gasteiger partial charge in [-0.1, -0.05) is 17.3 Å². The predicted octanol–water partition coefficient (Wildman–Crippen LogP) is 2.15. The fraction of sp³-hybridized carbons (Fsp3) is 0.267. The van der Waals surface area contributed by atoms with Crippen LogP contribution in [0, 0.1) is 0 Å². The van der Waals surface area contributed by atoms with E-state index in [1.54, 1.807) is 12.5 Å². The highest BCUT2D eigenvalue weighted by molar-refractivity contribution is 5.35. The van der Waals surface area contributed by atoms with Gasteiger partial charge in [0.05, 0.1) is 6.33 Å². The molecule has 108 valence electrons. The van der Waals surface area contributed by atoms with E-state index in [-0.39, 0.29) is 6.04 Å². The van der Waals surface area contributed by atoms with Gasteiger partial charge in [0, 0.05) is 37.1 Å². The maximum Gasteiger partial charge on any atom is 0.213 e. The zero-order valence-corrected chi connectivity index (χ0v) is 11.8. The van der Waals surface area contributed by atoms with Crippen molar-refractivity contribution in [3.05, 3.63) is 60.8 Å². The van der Waals surface area contributed by atoms with Crippen LogP contribution in [0.4, 0.5) is 0 Å². The molecule has 6 nitrogen and oxygen atoms in total. The van der Waals surface area contributed by atoms with Crippen molar-refractivity contribution < 1.29 is 4.52 Å². The summed E-state index contributed by atoms with van der Waals surface area (Å²) in [5, 5.41) is 7.24. The molecular weight excluding hydrogens is 266 g/mol. The molecular formula is C15H17N5O. The maximum atomic E-state index is 4.71. The third-order valence-corrected chi connectivity index (χ3v) is 3.40. The molecule has 0 amide bonds. The van der Waals surface area contributed by atoms with Crippen LogP contribution in [-0.4, -0.2) is 26.2 Å². The summed E-state index contributed by atoms with van der Waals surface area (Å²) >= 11 is 0. The Morgan fingerprint density at radius 2 is 2.14 bits per heavy atom. The summed E-state index contributed by atoms with van der Waals surface area (Å²) in [5.74, 6) is 0.727. The lowest BCUT2D eigenvalue weighted by Crippen LogP contribution is -2.21. The molecule has 0 aliphatic carbocycles. The van der Waals surface area contributed by atoms with E-state index in [2.05, 4.69) is 51.6 Å². The van der Waals surface area contributed by atoms with E-state index in [4.69, 9.17) is 4.52 Å². The van der Waals surface area contributed by atoms with Crippen LogP contribution in [-0.2, 0) is 6.42 Å². The molecule has 0 aliphatic rings. The topological polar surface area (TPSA) is 68.8 Å². The Balaban J connectivity index is 1.56. The van der Waals surface area contributed by atoms with E-state index in [9.17, 15) is 0 Å². The van der Waals surface area contributed by atoms with E-state index in [1.165, 1.54) is 12.0 Å². The fourth-order valence-corrected chi connectivity index (χ4v) is 2.17. The molecule has 0 saturated heterocycles. The smallest absolute Gasteiger partial charge is 0.213 e. The van der Waals surface area contributed by atoms with Crippen LogP contribution >= 0.6 is 0 Å². The average Bonchev–Trinajstić information content (AvgIpc) is 3.21. The summed E-state index contributed by atoms with van der Waals surface area (Å²) in [6.45, 7) is 2.95. The summed E-state index contributed by atoms with van der Waals surface area (Å²) in [4.78, 5) is 8.05. The van der Waals surface area contributed by atoms with Gasteiger partial charge >= 0.3 is 0 Å². The number of aromatic nitrogens is 4. The van der Waals surface area contributed by atoms with Crippen molar-refractivity contribution in [1.29, 1.82) is 0 Å². The lowest BCUT2D eigenvalue weighted by Gasteiger charge is -2.14. The van der Waals surface area contributed by atoms with Gasteiger partial charge in [-0.15, -0.1) is 0 Å². The molecule has 3 aromatic rings. The van der Waals surface area contributed by atoms with Crippen LogP contribution in [0.2, 0.25) is 0 Å². The zero-order chi connectivity index (χ0) is 14.5. The van der Waals surface area contributed by atoms with Crippen molar-refractivity contribution in [3.8, 4) is 5.69 Å². The highest BCUT2D eigenvalue weighted by Crippen LogP contribution is 2.15. The SMILES string of the molecule is CC(NCCc1ncon1)c1ccc(-n2ccnc2)cc1. The van der Waals surface area contributed by atoms with Gasteiger partial charge in [-0.05, 0) is 24.6 Å². The molecule has 0 aliphatic heterocycles. The summed E-state index contributed by atoms with van der Waals surface area (Å²) in [7, 11) is 0. The van der Waals surface area contributed by atoms with Gasteiger partial charge in [-0.3, -0.25) is 0 Å². The number of nitrogens with zero attached hydrogens (tertiary/aromatic N) is 4. The van der Waals surface area contributed by atoms with Crippen LogP contribution in [0.5, 0.6) is 0 Å². The molecule has 2 heterocycles. The van der Waals surface area contributed by atoms with Crippen molar-refractivity contribution in [2.24, 2.45) is 0 Å². The van der Waals surface area contributed by atoms with Crippen LogP contribution in [0.3, 0.4) is 0 Å². The highest BCUT2D eigenvalue weighted by atomic mass is 16.5. The first kappa shape index (κ1) is 13.5. The second-order valence-corrected chi connectivity index (χ2v) is 4.83. The molecule has 0 radical (unpaired) electrons. The lowest BCUT2D eigenvalue weighted by molar-refractivity contribution is 0.408. The number of imidazole rings is 1. The quantitative estimate of drug-likeness (QED) is 0.750. The number of rotatable bonds is 6. The van der Waals surface area contributed by atoms with Crippen molar-refractivity contribution in [3.63, 3.8) is 0 Å². The van der Waals surface area contributed by atoms with Crippen LogP contribution in [0.1, 0.15) is 24.4 Å². The number of hydrogen-bond donors (Lipinski definition) is 1. The van der Waals surface area contributed by atoms with Gasteiger partial charge in [0.1, 0.15) is 0 Å².